The molecule has 0 aromatic heterocycles. The van der Waals surface area contributed by atoms with Crippen LogP contribution in [0, 0.1) is 41.4 Å². The molecule has 0 saturated heterocycles. The molecule has 5 rings (SSSR count). The van der Waals surface area contributed by atoms with Crippen molar-refractivity contribution in [2.45, 2.75) is 90.6 Å². The third-order valence-corrected chi connectivity index (χ3v) is 10.1. The van der Waals surface area contributed by atoms with E-state index in [0.29, 0.717) is 10.8 Å². The van der Waals surface area contributed by atoms with Crippen LogP contribution in [0.1, 0.15) is 88.7 Å². The molecular formula is C26H38O. The second kappa shape index (κ2) is 6.34. The summed E-state index contributed by atoms with van der Waals surface area (Å²) < 4.78 is 0. The molecule has 4 aliphatic rings. The number of hydrogen-bond acceptors (Lipinski definition) is 1. The fourth-order valence-electron chi connectivity index (χ4n) is 8.67. The van der Waals surface area contributed by atoms with Crippen molar-refractivity contribution in [3.05, 3.63) is 35.4 Å². The average Bonchev–Trinajstić information content (AvgIpc) is 2.99. The minimum Gasteiger partial charge on any atom is -0.393 e. The van der Waals surface area contributed by atoms with Crippen LogP contribution >= 0.6 is 0 Å². The van der Waals surface area contributed by atoms with Crippen molar-refractivity contribution in [2.75, 3.05) is 0 Å². The third-order valence-electron chi connectivity index (χ3n) is 10.1. The lowest BCUT2D eigenvalue weighted by Crippen LogP contribution is -2.53. The van der Waals surface area contributed by atoms with Gasteiger partial charge in [0, 0.05) is 0 Å². The van der Waals surface area contributed by atoms with Crippen LogP contribution in [0.3, 0.4) is 0 Å². The van der Waals surface area contributed by atoms with Crippen molar-refractivity contribution in [3.63, 3.8) is 0 Å². The van der Waals surface area contributed by atoms with Crippen LogP contribution in [0.4, 0.5) is 0 Å². The summed E-state index contributed by atoms with van der Waals surface area (Å²) in [6.45, 7) is 7.50. The Hall–Kier alpha value is -0.820. The SMILES string of the molecule is Cc1cccc([C@H]2CC[C@H]3[C@@H]4CCC5C[C@@H](O)CC[C@]5(C)[C@H]4CC[C@]23C)c1. The van der Waals surface area contributed by atoms with E-state index in [2.05, 4.69) is 45.0 Å². The summed E-state index contributed by atoms with van der Waals surface area (Å²) >= 11 is 0. The molecule has 148 valence electrons. The first-order valence-electron chi connectivity index (χ1n) is 11.7. The topological polar surface area (TPSA) is 20.2 Å². The van der Waals surface area contributed by atoms with Crippen molar-refractivity contribution < 1.29 is 5.11 Å². The van der Waals surface area contributed by atoms with E-state index in [4.69, 9.17) is 0 Å². The summed E-state index contributed by atoms with van der Waals surface area (Å²) in [6, 6.07) is 9.38. The first-order chi connectivity index (χ1) is 12.9. The van der Waals surface area contributed by atoms with Crippen molar-refractivity contribution in [2.24, 2.45) is 34.5 Å². The molecule has 1 unspecified atom stereocenters. The van der Waals surface area contributed by atoms with E-state index in [1.54, 1.807) is 5.56 Å². The van der Waals surface area contributed by atoms with E-state index in [0.717, 1.165) is 42.4 Å². The molecule has 1 aromatic rings. The number of benzene rings is 1. The molecule has 27 heavy (non-hydrogen) atoms. The van der Waals surface area contributed by atoms with Gasteiger partial charge in [-0.15, -0.1) is 0 Å². The largest absolute Gasteiger partial charge is 0.393 e. The van der Waals surface area contributed by atoms with Gasteiger partial charge in [0.2, 0.25) is 0 Å². The van der Waals surface area contributed by atoms with Crippen molar-refractivity contribution in [1.82, 2.24) is 0 Å². The van der Waals surface area contributed by atoms with Gasteiger partial charge in [-0.25, -0.2) is 0 Å². The number of aliphatic hydroxyl groups excluding tert-OH is 1. The van der Waals surface area contributed by atoms with Crippen LogP contribution in [0.2, 0.25) is 0 Å². The molecule has 0 heterocycles. The molecule has 4 fully saturated rings. The Morgan fingerprint density at radius 1 is 0.889 bits per heavy atom. The smallest absolute Gasteiger partial charge is 0.0543 e. The van der Waals surface area contributed by atoms with Gasteiger partial charge in [0.05, 0.1) is 6.10 Å². The van der Waals surface area contributed by atoms with Crippen LogP contribution < -0.4 is 0 Å². The van der Waals surface area contributed by atoms with Crippen LogP contribution in [-0.2, 0) is 0 Å². The monoisotopic (exact) mass is 366 g/mol. The highest BCUT2D eigenvalue weighted by Gasteiger charge is 2.60. The molecule has 4 saturated carbocycles. The van der Waals surface area contributed by atoms with Gasteiger partial charge in [0.15, 0.2) is 0 Å². The number of aryl methyl sites for hydroxylation is 1. The van der Waals surface area contributed by atoms with Crippen LogP contribution in [0.5, 0.6) is 0 Å². The molecule has 0 bridgehead atoms. The summed E-state index contributed by atoms with van der Waals surface area (Å²) in [5, 5.41) is 10.2. The van der Waals surface area contributed by atoms with Crippen LogP contribution in [0.15, 0.2) is 24.3 Å². The fourth-order valence-corrected chi connectivity index (χ4v) is 8.67. The van der Waals surface area contributed by atoms with Crippen LogP contribution in [0.25, 0.3) is 0 Å². The Bertz CT molecular complexity index is 710. The van der Waals surface area contributed by atoms with E-state index < -0.39 is 0 Å². The number of aliphatic hydroxyl groups is 1. The Morgan fingerprint density at radius 2 is 1.67 bits per heavy atom. The second-order valence-corrected chi connectivity index (χ2v) is 11.2. The van der Waals surface area contributed by atoms with E-state index >= 15 is 0 Å². The molecule has 0 amide bonds. The Kier molecular flexibility index (Phi) is 4.28. The van der Waals surface area contributed by atoms with E-state index in [9.17, 15) is 5.11 Å². The number of hydrogen-bond donors (Lipinski definition) is 1. The van der Waals surface area contributed by atoms with Crippen molar-refractivity contribution >= 4 is 0 Å². The van der Waals surface area contributed by atoms with Gasteiger partial charge in [-0.2, -0.15) is 0 Å². The number of fused-ring (bicyclic) bond motifs is 5. The van der Waals surface area contributed by atoms with E-state index in [-0.39, 0.29) is 6.10 Å². The predicted octanol–water partition coefficient (Wildman–Crippen LogP) is 6.48. The summed E-state index contributed by atoms with van der Waals surface area (Å²) in [5.41, 5.74) is 4.04. The minimum absolute atomic E-state index is 0.0225. The van der Waals surface area contributed by atoms with Gasteiger partial charge in [0.1, 0.15) is 0 Å². The summed E-state index contributed by atoms with van der Waals surface area (Å²) in [6.07, 6.45) is 11.9. The molecule has 1 aromatic carbocycles. The maximum atomic E-state index is 10.2. The van der Waals surface area contributed by atoms with Gasteiger partial charge >= 0.3 is 0 Å². The first-order valence-corrected chi connectivity index (χ1v) is 11.7. The van der Waals surface area contributed by atoms with Crippen molar-refractivity contribution in [3.8, 4) is 0 Å². The number of rotatable bonds is 1. The highest BCUT2D eigenvalue weighted by Crippen LogP contribution is 2.68. The molecule has 0 radical (unpaired) electrons. The highest BCUT2D eigenvalue weighted by molar-refractivity contribution is 5.29. The molecule has 1 nitrogen and oxygen atoms in total. The fraction of sp³-hybridized carbons (Fsp3) is 0.769. The standard InChI is InChI=1S/C26H38O/c1-17-5-4-6-18(15-17)22-9-10-23-21-8-7-19-16-20(27)11-13-25(19,2)24(21)12-14-26(22,23)3/h4-6,15,19-24,27H,7-14,16H2,1-3H3/t19?,20-,21-,22+,23-,24-,25-,26+/m0/s1. The quantitative estimate of drug-likeness (QED) is 0.603. The third kappa shape index (κ3) is 2.67. The van der Waals surface area contributed by atoms with E-state index in [1.807, 2.05) is 0 Å². The molecule has 8 atom stereocenters. The van der Waals surface area contributed by atoms with Gasteiger partial charge in [0.25, 0.3) is 0 Å². The lowest BCUT2D eigenvalue weighted by atomic mass is 9.44. The molecule has 4 aliphatic carbocycles. The average molecular weight is 367 g/mol. The zero-order chi connectivity index (χ0) is 18.8. The van der Waals surface area contributed by atoms with Gasteiger partial charge < -0.3 is 5.11 Å². The Morgan fingerprint density at radius 3 is 2.48 bits per heavy atom. The minimum atomic E-state index is -0.0225. The van der Waals surface area contributed by atoms with Crippen molar-refractivity contribution in [1.29, 1.82) is 0 Å². The molecule has 1 N–H and O–H groups in total. The maximum Gasteiger partial charge on any atom is 0.0543 e. The van der Waals surface area contributed by atoms with Gasteiger partial charge in [-0.3, -0.25) is 0 Å². The Balaban J connectivity index is 1.43. The van der Waals surface area contributed by atoms with Gasteiger partial charge in [-0.05, 0) is 111 Å². The molecule has 0 aliphatic heterocycles. The lowest BCUT2D eigenvalue weighted by Gasteiger charge is -2.61. The lowest BCUT2D eigenvalue weighted by molar-refractivity contribution is -0.122. The highest BCUT2D eigenvalue weighted by atomic mass is 16.3. The predicted molar refractivity (Wildman–Crippen MR) is 112 cm³/mol. The maximum absolute atomic E-state index is 10.2. The second-order valence-electron chi connectivity index (χ2n) is 11.2. The summed E-state index contributed by atoms with van der Waals surface area (Å²) in [5.74, 6) is 4.32. The van der Waals surface area contributed by atoms with Crippen LogP contribution in [-0.4, -0.2) is 11.2 Å². The van der Waals surface area contributed by atoms with Gasteiger partial charge in [-0.1, -0.05) is 43.7 Å². The summed E-state index contributed by atoms with van der Waals surface area (Å²) in [7, 11) is 0. The summed E-state index contributed by atoms with van der Waals surface area (Å²) in [4.78, 5) is 0. The Labute approximate surface area is 166 Å². The van der Waals surface area contributed by atoms with E-state index in [1.165, 1.54) is 50.5 Å². The first kappa shape index (κ1) is 18.2. The zero-order valence-corrected chi connectivity index (χ0v) is 17.6. The molecular weight excluding hydrogens is 328 g/mol. The normalized spacial score (nSPS) is 49.2. The molecule has 1 heteroatoms. The molecule has 0 spiro atoms. The zero-order valence-electron chi connectivity index (χ0n) is 17.6.